The van der Waals surface area contributed by atoms with Gasteiger partial charge in [-0.25, -0.2) is 4.79 Å². The van der Waals surface area contributed by atoms with Crippen molar-refractivity contribution >= 4 is 12.0 Å². The lowest BCUT2D eigenvalue weighted by Crippen LogP contribution is -2.40. The minimum absolute atomic E-state index is 0.142. The summed E-state index contributed by atoms with van der Waals surface area (Å²) in [5.74, 6) is 0.796. The number of ether oxygens (including phenoxy) is 1. The molecule has 146 valence electrons. The number of hydrogen-bond acceptors (Lipinski definition) is 3. The monoisotopic (exact) mass is 370 g/mol. The molecule has 1 aromatic carbocycles. The van der Waals surface area contributed by atoms with E-state index in [4.69, 9.17) is 4.74 Å². The molecule has 0 aromatic heterocycles. The lowest BCUT2D eigenvalue weighted by atomic mass is 9.89. The first-order valence-electron chi connectivity index (χ1n) is 9.85. The Hall–Kier alpha value is -2.30. The van der Waals surface area contributed by atoms with Crippen LogP contribution in [-0.2, 0) is 4.74 Å². The molecule has 0 radical (unpaired) electrons. The van der Waals surface area contributed by atoms with Gasteiger partial charge in [0.15, 0.2) is 0 Å². The average molecular weight is 370 g/mol. The van der Waals surface area contributed by atoms with Crippen molar-refractivity contribution in [1.29, 1.82) is 0 Å². The first kappa shape index (κ1) is 19.5. The quantitative estimate of drug-likeness (QED) is 0.786. The number of carbonyl (C=O) groups excluding carboxylic acids is 2. The van der Waals surface area contributed by atoms with E-state index >= 15 is 0 Å². The molecule has 0 unspecified atom stereocenters. The lowest BCUT2D eigenvalue weighted by molar-refractivity contribution is 0.0314. The van der Waals surface area contributed by atoms with Gasteiger partial charge in [0.2, 0.25) is 0 Å². The summed E-state index contributed by atoms with van der Waals surface area (Å²) in [4.78, 5) is 28.0. The largest absolute Gasteiger partial charge is 0.443 e. The average Bonchev–Trinajstić information content (AvgIpc) is 2.59. The van der Waals surface area contributed by atoms with Crippen molar-refractivity contribution < 1.29 is 14.3 Å². The second-order valence-corrected chi connectivity index (χ2v) is 8.54. The summed E-state index contributed by atoms with van der Waals surface area (Å²) in [7, 11) is 0. The van der Waals surface area contributed by atoms with E-state index in [1.165, 1.54) is 5.57 Å². The molecule has 0 N–H and O–H groups in total. The van der Waals surface area contributed by atoms with E-state index < -0.39 is 5.60 Å². The minimum atomic E-state index is -0.453. The van der Waals surface area contributed by atoms with Crippen molar-refractivity contribution in [2.45, 2.75) is 52.1 Å². The molecule has 5 heteroatoms. The van der Waals surface area contributed by atoms with Crippen LogP contribution in [0, 0.1) is 5.92 Å². The van der Waals surface area contributed by atoms with Crippen LogP contribution in [0.15, 0.2) is 42.1 Å². The molecule has 2 aliphatic heterocycles. The summed E-state index contributed by atoms with van der Waals surface area (Å²) >= 11 is 0. The SMILES string of the molecule is CC(C)(C)OC(=O)N1C=C(CCC2CCN(C(=O)c3ccccc3)CC2)C1. The maximum absolute atomic E-state index is 12.5. The Bertz CT molecular complexity index is 698. The van der Waals surface area contributed by atoms with Crippen molar-refractivity contribution in [2.75, 3.05) is 19.6 Å². The fourth-order valence-electron chi connectivity index (χ4n) is 3.57. The molecule has 1 fully saturated rings. The van der Waals surface area contributed by atoms with E-state index in [1.807, 2.05) is 62.2 Å². The van der Waals surface area contributed by atoms with Crippen LogP contribution in [0.25, 0.3) is 0 Å². The van der Waals surface area contributed by atoms with Crippen LogP contribution in [0.5, 0.6) is 0 Å². The molecule has 27 heavy (non-hydrogen) atoms. The van der Waals surface area contributed by atoms with Crippen LogP contribution in [0.1, 0.15) is 56.8 Å². The van der Waals surface area contributed by atoms with Gasteiger partial charge in [-0.05, 0) is 70.1 Å². The van der Waals surface area contributed by atoms with Crippen molar-refractivity contribution in [1.82, 2.24) is 9.80 Å². The molecular formula is C22H30N2O3. The number of piperidine rings is 1. The summed E-state index contributed by atoms with van der Waals surface area (Å²) in [6.45, 7) is 7.99. The highest BCUT2D eigenvalue weighted by Crippen LogP contribution is 2.28. The smallest absolute Gasteiger partial charge is 0.414 e. The molecule has 0 aliphatic carbocycles. The third kappa shape index (κ3) is 5.34. The van der Waals surface area contributed by atoms with E-state index in [0.29, 0.717) is 12.5 Å². The van der Waals surface area contributed by atoms with Gasteiger partial charge in [-0.1, -0.05) is 18.2 Å². The summed E-state index contributed by atoms with van der Waals surface area (Å²) in [5, 5.41) is 0. The van der Waals surface area contributed by atoms with Crippen molar-refractivity contribution in [3.05, 3.63) is 47.7 Å². The van der Waals surface area contributed by atoms with Crippen LogP contribution >= 0.6 is 0 Å². The normalized spacial score (nSPS) is 18.0. The highest BCUT2D eigenvalue weighted by molar-refractivity contribution is 5.94. The summed E-state index contributed by atoms with van der Waals surface area (Å²) in [6, 6.07) is 9.52. The van der Waals surface area contributed by atoms with Gasteiger partial charge in [-0.2, -0.15) is 0 Å². The Balaban J connectivity index is 1.38. The minimum Gasteiger partial charge on any atom is -0.443 e. The molecule has 0 atom stereocenters. The highest BCUT2D eigenvalue weighted by Gasteiger charge is 2.28. The van der Waals surface area contributed by atoms with Crippen LogP contribution in [0.2, 0.25) is 0 Å². The highest BCUT2D eigenvalue weighted by atomic mass is 16.6. The second-order valence-electron chi connectivity index (χ2n) is 8.54. The maximum atomic E-state index is 12.5. The zero-order valence-corrected chi connectivity index (χ0v) is 16.6. The summed E-state index contributed by atoms with van der Waals surface area (Å²) < 4.78 is 5.36. The number of rotatable bonds is 4. The summed E-state index contributed by atoms with van der Waals surface area (Å²) in [5.41, 5.74) is 1.63. The Morgan fingerprint density at radius 2 is 1.74 bits per heavy atom. The number of amides is 2. The molecular weight excluding hydrogens is 340 g/mol. The van der Waals surface area contributed by atoms with Gasteiger partial charge < -0.3 is 9.64 Å². The number of carbonyl (C=O) groups is 2. The molecule has 5 nitrogen and oxygen atoms in total. The number of likely N-dealkylation sites (tertiary alicyclic amines) is 1. The van der Waals surface area contributed by atoms with E-state index in [0.717, 1.165) is 44.3 Å². The van der Waals surface area contributed by atoms with Gasteiger partial charge in [0.25, 0.3) is 5.91 Å². The van der Waals surface area contributed by atoms with Crippen LogP contribution in [-0.4, -0.2) is 47.0 Å². The van der Waals surface area contributed by atoms with E-state index in [1.54, 1.807) is 4.90 Å². The predicted octanol–water partition coefficient (Wildman–Crippen LogP) is 4.45. The lowest BCUT2D eigenvalue weighted by Gasteiger charge is -2.34. The first-order valence-corrected chi connectivity index (χ1v) is 9.85. The van der Waals surface area contributed by atoms with Crippen molar-refractivity contribution in [3.63, 3.8) is 0 Å². The van der Waals surface area contributed by atoms with Gasteiger partial charge >= 0.3 is 6.09 Å². The number of benzene rings is 1. The predicted molar refractivity (Wildman–Crippen MR) is 105 cm³/mol. The molecule has 0 spiro atoms. The van der Waals surface area contributed by atoms with E-state index in [-0.39, 0.29) is 12.0 Å². The maximum Gasteiger partial charge on any atom is 0.414 e. The van der Waals surface area contributed by atoms with Crippen LogP contribution in [0.3, 0.4) is 0 Å². The number of nitrogens with zero attached hydrogens (tertiary/aromatic N) is 2. The molecule has 3 rings (SSSR count). The Morgan fingerprint density at radius 1 is 1.11 bits per heavy atom. The van der Waals surface area contributed by atoms with Crippen LogP contribution < -0.4 is 0 Å². The Morgan fingerprint density at radius 3 is 2.33 bits per heavy atom. The van der Waals surface area contributed by atoms with Gasteiger partial charge in [-0.15, -0.1) is 0 Å². The van der Waals surface area contributed by atoms with Gasteiger partial charge in [0.05, 0.1) is 6.54 Å². The van der Waals surface area contributed by atoms with Crippen LogP contribution in [0.4, 0.5) is 4.79 Å². The first-order chi connectivity index (χ1) is 12.8. The van der Waals surface area contributed by atoms with Crippen molar-refractivity contribution in [2.24, 2.45) is 5.92 Å². The van der Waals surface area contributed by atoms with Crippen molar-refractivity contribution in [3.8, 4) is 0 Å². The molecule has 2 heterocycles. The zero-order chi connectivity index (χ0) is 19.4. The standard InChI is InChI=1S/C22H30N2O3/c1-22(2,3)27-21(26)24-15-18(16-24)10-9-17-11-13-23(14-12-17)20(25)19-7-5-4-6-8-19/h4-8,15,17H,9-14,16H2,1-3H3. The summed E-state index contributed by atoms with van der Waals surface area (Å²) in [6.07, 6.45) is 5.92. The molecule has 1 aromatic rings. The van der Waals surface area contributed by atoms with E-state index in [9.17, 15) is 9.59 Å². The fourth-order valence-corrected chi connectivity index (χ4v) is 3.57. The topological polar surface area (TPSA) is 49.9 Å². The molecule has 2 aliphatic rings. The van der Waals surface area contributed by atoms with Gasteiger partial charge in [0.1, 0.15) is 5.60 Å². The zero-order valence-electron chi connectivity index (χ0n) is 16.6. The Kier molecular flexibility index (Phi) is 5.88. The third-order valence-corrected chi connectivity index (χ3v) is 5.14. The van der Waals surface area contributed by atoms with Gasteiger partial charge in [-0.3, -0.25) is 9.69 Å². The molecule has 0 bridgehead atoms. The number of hydrogen-bond donors (Lipinski definition) is 0. The Labute approximate surface area is 162 Å². The molecule has 1 saturated heterocycles. The van der Waals surface area contributed by atoms with E-state index in [2.05, 4.69) is 0 Å². The fraction of sp³-hybridized carbons (Fsp3) is 0.545. The molecule has 0 saturated carbocycles. The third-order valence-electron chi connectivity index (χ3n) is 5.14. The second kappa shape index (κ2) is 8.15. The molecule has 2 amide bonds. The van der Waals surface area contributed by atoms with Gasteiger partial charge in [0, 0.05) is 24.9 Å².